The highest BCUT2D eigenvalue weighted by Gasteiger charge is 2.26. The van der Waals surface area contributed by atoms with Crippen molar-refractivity contribution in [1.29, 1.82) is 0 Å². The minimum atomic E-state index is -0.256. The molecule has 58 heavy (non-hydrogen) atoms. The Morgan fingerprint density at radius 1 is 0.483 bits per heavy atom. The second-order valence-corrected chi connectivity index (χ2v) is 17.3. The van der Waals surface area contributed by atoms with Gasteiger partial charge in [0.2, 0.25) is 0 Å². The third kappa shape index (κ3) is 6.19. The normalized spacial score (nSPS) is 12.2. The number of anilines is 2. The molecule has 0 bridgehead atoms. The SMILES string of the molecule is Clc1cccc(C(c2cccc(-c3ccccc3)c2)c2cc3sc4cc(-c5cccc6c5sc5cc(Nc7cccc(-c8ccccc8)c7)oc56)ccc4c3o2)c1Cl. The zero-order valence-corrected chi connectivity index (χ0v) is 33.9. The lowest BCUT2D eigenvalue weighted by Gasteiger charge is -2.19. The van der Waals surface area contributed by atoms with Crippen molar-refractivity contribution in [2.24, 2.45) is 0 Å². The van der Waals surface area contributed by atoms with Crippen LogP contribution in [-0.2, 0) is 0 Å². The number of thiophene rings is 2. The lowest BCUT2D eigenvalue weighted by atomic mass is 9.87. The van der Waals surface area contributed by atoms with Gasteiger partial charge < -0.3 is 14.2 Å². The molecule has 3 nitrogen and oxygen atoms in total. The maximum Gasteiger partial charge on any atom is 0.199 e. The first-order chi connectivity index (χ1) is 28.5. The van der Waals surface area contributed by atoms with Crippen LogP contribution in [0, 0.1) is 0 Å². The summed E-state index contributed by atoms with van der Waals surface area (Å²) in [6.07, 6.45) is 0. The van der Waals surface area contributed by atoms with E-state index in [1.807, 2.05) is 30.3 Å². The first-order valence-electron chi connectivity index (χ1n) is 19.0. The lowest BCUT2D eigenvalue weighted by molar-refractivity contribution is 0.544. The molecule has 7 aromatic carbocycles. The van der Waals surface area contributed by atoms with Gasteiger partial charge in [-0.05, 0) is 87.0 Å². The Hall–Kier alpha value is -6.08. The summed E-state index contributed by atoms with van der Waals surface area (Å²) in [5, 5.41) is 6.74. The highest BCUT2D eigenvalue weighted by Crippen LogP contribution is 2.47. The van der Waals surface area contributed by atoms with E-state index in [9.17, 15) is 0 Å². The molecule has 1 unspecified atom stereocenters. The van der Waals surface area contributed by atoms with Crippen LogP contribution in [-0.4, -0.2) is 0 Å². The molecule has 4 aromatic heterocycles. The Morgan fingerprint density at radius 3 is 1.98 bits per heavy atom. The van der Waals surface area contributed by atoms with E-state index < -0.39 is 0 Å². The van der Waals surface area contributed by atoms with Gasteiger partial charge in [-0.15, -0.1) is 22.7 Å². The van der Waals surface area contributed by atoms with Crippen LogP contribution < -0.4 is 5.32 Å². The monoisotopic (exact) mass is 823 g/mol. The summed E-state index contributed by atoms with van der Waals surface area (Å²) < 4.78 is 17.9. The summed E-state index contributed by atoms with van der Waals surface area (Å²) in [5.41, 5.74) is 11.7. The van der Waals surface area contributed by atoms with Crippen LogP contribution in [0.5, 0.6) is 0 Å². The van der Waals surface area contributed by atoms with Gasteiger partial charge in [0.1, 0.15) is 5.76 Å². The van der Waals surface area contributed by atoms with Gasteiger partial charge in [0.05, 0.1) is 25.4 Å². The summed E-state index contributed by atoms with van der Waals surface area (Å²) in [5.74, 6) is 1.29. The standard InChI is InChI=1S/C51H31Cl2NO2S2/c52-41-22-10-20-39(48(41)53)47(35-17-7-15-32(25-35)30-11-3-1-4-12-30)42-28-44-49(55-42)38-24-23-34(27-43(38)57-44)37-19-9-21-40-50-45(58-51(37)40)29-46(56-50)54-36-18-8-16-33(26-36)31-13-5-2-6-14-31/h1-29,47,54H. The average Bonchev–Trinajstić information content (AvgIpc) is 4.03. The third-order valence-electron chi connectivity index (χ3n) is 10.8. The molecule has 1 N–H and O–H groups in total. The molecule has 11 aromatic rings. The Morgan fingerprint density at radius 2 is 1.17 bits per heavy atom. The van der Waals surface area contributed by atoms with Gasteiger partial charge in [0.15, 0.2) is 17.1 Å². The fraction of sp³-hybridized carbons (Fsp3) is 0.0196. The van der Waals surface area contributed by atoms with Crippen molar-refractivity contribution in [2.75, 3.05) is 5.32 Å². The third-order valence-corrected chi connectivity index (χ3v) is 13.9. The first kappa shape index (κ1) is 35.1. The highest BCUT2D eigenvalue weighted by atomic mass is 35.5. The molecule has 0 aliphatic carbocycles. The van der Waals surface area contributed by atoms with Crippen molar-refractivity contribution in [3.05, 3.63) is 203 Å². The molecule has 0 saturated heterocycles. The zero-order valence-electron chi connectivity index (χ0n) is 30.7. The number of rotatable bonds is 8. The summed E-state index contributed by atoms with van der Waals surface area (Å²) in [6, 6.07) is 61.1. The van der Waals surface area contributed by atoms with E-state index in [1.54, 1.807) is 22.7 Å². The van der Waals surface area contributed by atoms with E-state index in [1.165, 1.54) is 20.5 Å². The summed E-state index contributed by atoms with van der Waals surface area (Å²) >= 11 is 17.0. The van der Waals surface area contributed by atoms with Crippen LogP contribution in [0.3, 0.4) is 0 Å². The lowest BCUT2D eigenvalue weighted by Crippen LogP contribution is -2.03. The van der Waals surface area contributed by atoms with E-state index in [2.05, 4.69) is 151 Å². The van der Waals surface area contributed by atoms with E-state index in [0.29, 0.717) is 10.0 Å². The molecule has 0 saturated carbocycles. The second-order valence-electron chi connectivity index (χ2n) is 14.4. The van der Waals surface area contributed by atoms with Crippen LogP contribution in [0.25, 0.3) is 74.1 Å². The van der Waals surface area contributed by atoms with Gasteiger partial charge in [-0.3, -0.25) is 0 Å². The zero-order chi connectivity index (χ0) is 38.7. The molecule has 4 heterocycles. The van der Waals surface area contributed by atoms with Crippen LogP contribution >= 0.6 is 45.9 Å². The number of hydrogen-bond acceptors (Lipinski definition) is 5. The predicted octanol–water partition coefficient (Wildman–Crippen LogP) is 16.8. The molecule has 11 rings (SSSR count). The van der Waals surface area contributed by atoms with Crippen LogP contribution in [0.2, 0.25) is 10.0 Å². The van der Waals surface area contributed by atoms with Gasteiger partial charge in [0, 0.05) is 31.9 Å². The maximum atomic E-state index is 6.93. The molecule has 0 radical (unpaired) electrons. The topological polar surface area (TPSA) is 38.3 Å². The fourth-order valence-corrected chi connectivity index (χ4v) is 10.8. The van der Waals surface area contributed by atoms with Gasteiger partial charge >= 0.3 is 0 Å². The molecule has 0 aliphatic rings. The molecule has 0 aliphatic heterocycles. The molecule has 7 heteroatoms. The van der Waals surface area contributed by atoms with E-state index in [4.69, 9.17) is 32.0 Å². The predicted molar refractivity (Wildman–Crippen MR) is 247 cm³/mol. The molecular weight excluding hydrogens is 794 g/mol. The second kappa shape index (κ2) is 14.4. The molecule has 0 amide bonds. The van der Waals surface area contributed by atoms with Crippen LogP contribution in [0.4, 0.5) is 11.6 Å². The average molecular weight is 825 g/mol. The number of furan rings is 2. The maximum absolute atomic E-state index is 6.93. The quantitative estimate of drug-likeness (QED) is 0.166. The minimum absolute atomic E-state index is 0.256. The Kier molecular flexibility index (Phi) is 8.71. The Bertz CT molecular complexity index is 3310. The number of benzene rings is 7. The van der Waals surface area contributed by atoms with Gasteiger partial charge in [-0.2, -0.15) is 0 Å². The Labute approximate surface area is 352 Å². The smallest absolute Gasteiger partial charge is 0.199 e. The van der Waals surface area contributed by atoms with Crippen molar-refractivity contribution in [3.8, 4) is 33.4 Å². The minimum Gasteiger partial charge on any atom is -0.458 e. The van der Waals surface area contributed by atoms with E-state index in [-0.39, 0.29) is 5.92 Å². The van der Waals surface area contributed by atoms with Gasteiger partial charge in [-0.25, -0.2) is 0 Å². The van der Waals surface area contributed by atoms with Crippen molar-refractivity contribution in [3.63, 3.8) is 0 Å². The molecular formula is C51H31Cl2NO2S2. The van der Waals surface area contributed by atoms with Crippen molar-refractivity contribution < 1.29 is 8.83 Å². The number of nitrogens with one attached hydrogen (secondary N) is 1. The van der Waals surface area contributed by atoms with E-state index in [0.717, 1.165) is 82.1 Å². The number of fused-ring (bicyclic) bond motifs is 6. The Balaban J connectivity index is 0.934. The molecule has 0 fully saturated rings. The number of halogens is 2. The van der Waals surface area contributed by atoms with Crippen LogP contribution in [0.1, 0.15) is 22.8 Å². The highest BCUT2D eigenvalue weighted by molar-refractivity contribution is 7.26. The molecule has 0 spiro atoms. The van der Waals surface area contributed by atoms with Crippen molar-refractivity contribution in [2.45, 2.75) is 5.92 Å². The largest absolute Gasteiger partial charge is 0.458 e. The molecule has 1 atom stereocenters. The summed E-state index contributed by atoms with van der Waals surface area (Å²) in [6.45, 7) is 0. The number of hydrogen-bond donors (Lipinski definition) is 1. The summed E-state index contributed by atoms with van der Waals surface area (Å²) in [7, 11) is 0. The van der Waals surface area contributed by atoms with Crippen molar-refractivity contribution >= 4 is 98.2 Å². The van der Waals surface area contributed by atoms with Crippen molar-refractivity contribution in [1.82, 2.24) is 0 Å². The van der Waals surface area contributed by atoms with Crippen LogP contribution in [0.15, 0.2) is 185 Å². The fourth-order valence-electron chi connectivity index (χ4n) is 8.06. The summed E-state index contributed by atoms with van der Waals surface area (Å²) in [4.78, 5) is 0. The van der Waals surface area contributed by atoms with E-state index >= 15 is 0 Å². The molecule has 278 valence electrons. The van der Waals surface area contributed by atoms with Gasteiger partial charge in [-0.1, -0.05) is 151 Å². The van der Waals surface area contributed by atoms with Gasteiger partial charge in [0.25, 0.3) is 0 Å². The first-order valence-corrected chi connectivity index (χ1v) is 21.4.